The molecule has 118 valence electrons. The third kappa shape index (κ3) is 5.70. The van der Waals surface area contributed by atoms with Gasteiger partial charge in [0.25, 0.3) is 0 Å². The molecule has 1 aliphatic carbocycles. The summed E-state index contributed by atoms with van der Waals surface area (Å²) in [6.45, 7) is 7.56. The van der Waals surface area contributed by atoms with E-state index in [1.807, 2.05) is 0 Å². The standard InChI is InChI=1S/C19H31NO/c1-3-4-13-21-19-11-9-17(10-12-19)14-20-15-18-8-6-5-7-16(18)2/h9-12,16,18,20H,3-8,13-15H2,1-2H3. The smallest absolute Gasteiger partial charge is 0.119 e. The van der Waals surface area contributed by atoms with Crippen molar-refractivity contribution >= 4 is 0 Å². The summed E-state index contributed by atoms with van der Waals surface area (Å²) in [5, 5.41) is 3.63. The van der Waals surface area contributed by atoms with Gasteiger partial charge in [0.15, 0.2) is 0 Å². The van der Waals surface area contributed by atoms with E-state index in [9.17, 15) is 0 Å². The van der Waals surface area contributed by atoms with E-state index in [1.165, 1.54) is 37.7 Å². The number of rotatable bonds is 8. The molecule has 21 heavy (non-hydrogen) atoms. The maximum absolute atomic E-state index is 5.69. The zero-order valence-electron chi connectivity index (χ0n) is 13.7. The molecule has 2 heteroatoms. The van der Waals surface area contributed by atoms with E-state index in [2.05, 4.69) is 43.4 Å². The Morgan fingerprint density at radius 1 is 1.14 bits per heavy atom. The molecule has 2 unspecified atom stereocenters. The Morgan fingerprint density at radius 3 is 2.62 bits per heavy atom. The fraction of sp³-hybridized carbons (Fsp3) is 0.684. The van der Waals surface area contributed by atoms with Crippen LogP contribution in [0.4, 0.5) is 0 Å². The highest BCUT2D eigenvalue weighted by molar-refractivity contribution is 5.27. The number of hydrogen-bond acceptors (Lipinski definition) is 2. The van der Waals surface area contributed by atoms with E-state index in [0.29, 0.717) is 0 Å². The molecule has 0 aliphatic heterocycles. The Morgan fingerprint density at radius 2 is 1.90 bits per heavy atom. The summed E-state index contributed by atoms with van der Waals surface area (Å²) in [4.78, 5) is 0. The third-order valence-electron chi connectivity index (χ3n) is 4.71. The average Bonchev–Trinajstić information content (AvgIpc) is 2.51. The van der Waals surface area contributed by atoms with Gasteiger partial charge >= 0.3 is 0 Å². The molecular weight excluding hydrogens is 258 g/mol. The van der Waals surface area contributed by atoms with Crippen LogP contribution in [-0.2, 0) is 6.54 Å². The van der Waals surface area contributed by atoms with Gasteiger partial charge in [-0.3, -0.25) is 0 Å². The van der Waals surface area contributed by atoms with Crippen molar-refractivity contribution in [2.45, 2.75) is 58.9 Å². The van der Waals surface area contributed by atoms with E-state index < -0.39 is 0 Å². The quantitative estimate of drug-likeness (QED) is 0.695. The van der Waals surface area contributed by atoms with Gasteiger partial charge < -0.3 is 10.1 Å². The second kappa shape index (κ2) is 9.09. The number of hydrogen-bond donors (Lipinski definition) is 1. The molecule has 1 saturated carbocycles. The van der Waals surface area contributed by atoms with Crippen molar-refractivity contribution in [1.82, 2.24) is 5.32 Å². The molecule has 2 nitrogen and oxygen atoms in total. The molecule has 1 aromatic carbocycles. The largest absolute Gasteiger partial charge is 0.494 e. The Balaban J connectivity index is 1.68. The van der Waals surface area contributed by atoms with Gasteiger partial charge in [-0.15, -0.1) is 0 Å². The third-order valence-corrected chi connectivity index (χ3v) is 4.71. The molecule has 0 aromatic heterocycles. The lowest BCUT2D eigenvalue weighted by Gasteiger charge is -2.28. The molecular formula is C19H31NO. The second-order valence-electron chi connectivity index (χ2n) is 6.50. The molecule has 1 fully saturated rings. The lowest BCUT2D eigenvalue weighted by atomic mass is 9.80. The van der Waals surface area contributed by atoms with E-state index in [4.69, 9.17) is 4.74 Å². The second-order valence-corrected chi connectivity index (χ2v) is 6.50. The summed E-state index contributed by atoms with van der Waals surface area (Å²) in [7, 11) is 0. The van der Waals surface area contributed by atoms with Crippen LogP contribution in [0.1, 0.15) is 57.9 Å². The van der Waals surface area contributed by atoms with Crippen molar-refractivity contribution in [3.8, 4) is 5.75 Å². The summed E-state index contributed by atoms with van der Waals surface area (Å²) in [6.07, 6.45) is 7.97. The fourth-order valence-corrected chi connectivity index (χ4v) is 3.14. The molecule has 0 heterocycles. The van der Waals surface area contributed by atoms with E-state index in [-0.39, 0.29) is 0 Å². The molecule has 1 N–H and O–H groups in total. The zero-order valence-corrected chi connectivity index (χ0v) is 13.7. The van der Waals surface area contributed by atoms with Gasteiger partial charge in [-0.25, -0.2) is 0 Å². The van der Waals surface area contributed by atoms with Crippen molar-refractivity contribution in [2.24, 2.45) is 11.8 Å². The maximum Gasteiger partial charge on any atom is 0.119 e. The molecule has 0 saturated heterocycles. The summed E-state index contributed by atoms with van der Waals surface area (Å²) < 4.78 is 5.69. The van der Waals surface area contributed by atoms with Crippen LogP contribution in [0.25, 0.3) is 0 Å². The zero-order chi connectivity index (χ0) is 14.9. The number of ether oxygens (including phenoxy) is 1. The first kappa shape index (κ1) is 16.4. The predicted molar refractivity (Wildman–Crippen MR) is 89.7 cm³/mol. The monoisotopic (exact) mass is 289 g/mol. The topological polar surface area (TPSA) is 21.3 Å². The minimum Gasteiger partial charge on any atom is -0.494 e. The highest BCUT2D eigenvalue weighted by atomic mass is 16.5. The van der Waals surface area contributed by atoms with Crippen LogP contribution in [0.15, 0.2) is 24.3 Å². The number of benzene rings is 1. The van der Waals surface area contributed by atoms with Crippen molar-refractivity contribution in [2.75, 3.05) is 13.2 Å². The minimum atomic E-state index is 0.827. The van der Waals surface area contributed by atoms with Crippen LogP contribution >= 0.6 is 0 Å². The van der Waals surface area contributed by atoms with Gasteiger partial charge in [0.1, 0.15) is 5.75 Å². The molecule has 2 atom stereocenters. The lowest BCUT2D eigenvalue weighted by molar-refractivity contribution is 0.247. The van der Waals surface area contributed by atoms with Crippen LogP contribution in [0, 0.1) is 11.8 Å². The first-order valence-electron chi connectivity index (χ1n) is 8.72. The average molecular weight is 289 g/mol. The van der Waals surface area contributed by atoms with Gasteiger partial charge in [0, 0.05) is 6.54 Å². The number of nitrogens with one attached hydrogen (secondary N) is 1. The molecule has 1 aromatic rings. The van der Waals surface area contributed by atoms with Crippen molar-refractivity contribution in [3.63, 3.8) is 0 Å². The van der Waals surface area contributed by atoms with Crippen LogP contribution in [-0.4, -0.2) is 13.2 Å². The fourth-order valence-electron chi connectivity index (χ4n) is 3.14. The Kier molecular flexibility index (Phi) is 7.08. The summed E-state index contributed by atoms with van der Waals surface area (Å²) in [5.74, 6) is 2.75. The SMILES string of the molecule is CCCCOc1ccc(CNCC2CCCCC2C)cc1. The summed E-state index contributed by atoms with van der Waals surface area (Å²) in [5.41, 5.74) is 1.35. The van der Waals surface area contributed by atoms with Crippen molar-refractivity contribution in [3.05, 3.63) is 29.8 Å². The maximum atomic E-state index is 5.69. The summed E-state index contributed by atoms with van der Waals surface area (Å²) >= 11 is 0. The van der Waals surface area contributed by atoms with E-state index in [0.717, 1.165) is 43.7 Å². The van der Waals surface area contributed by atoms with E-state index in [1.54, 1.807) is 0 Å². The highest BCUT2D eigenvalue weighted by Gasteiger charge is 2.20. The molecule has 0 bridgehead atoms. The van der Waals surface area contributed by atoms with Gasteiger partial charge in [-0.05, 0) is 48.9 Å². The van der Waals surface area contributed by atoms with Gasteiger partial charge in [-0.2, -0.15) is 0 Å². The van der Waals surface area contributed by atoms with E-state index >= 15 is 0 Å². The van der Waals surface area contributed by atoms with Crippen LogP contribution in [0.3, 0.4) is 0 Å². The molecule has 2 rings (SSSR count). The van der Waals surface area contributed by atoms with Gasteiger partial charge in [0.05, 0.1) is 6.61 Å². The molecule has 0 amide bonds. The highest BCUT2D eigenvalue weighted by Crippen LogP contribution is 2.28. The van der Waals surface area contributed by atoms with Gasteiger partial charge in [-0.1, -0.05) is 51.7 Å². The molecule has 0 radical (unpaired) electrons. The minimum absolute atomic E-state index is 0.827. The van der Waals surface area contributed by atoms with Crippen molar-refractivity contribution < 1.29 is 4.74 Å². The summed E-state index contributed by atoms with van der Waals surface area (Å²) in [6, 6.07) is 8.54. The predicted octanol–water partition coefficient (Wildman–Crippen LogP) is 4.78. The Bertz CT molecular complexity index is 387. The van der Waals surface area contributed by atoms with Crippen LogP contribution in [0.5, 0.6) is 5.75 Å². The molecule has 0 spiro atoms. The normalized spacial score (nSPS) is 22.2. The van der Waals surface area contributed by atoms with Crippen molar-refractivity contribution in [1.29, 1.82) is 0 Å². The Hall–Kier alpha value is -1.02. The van der Waals surface area contributed by atoms with Gasteiger partial charge in [0.2, 0.25) is 0 Å². The first-order valence-corrected chi connectivity index (χ1v) is 8.72. The number of unbranched alkanes of at least 4 members (excludes halogenated alkanes) is 1. The first-order chi connectivity index (χ1) is 10.3. The van der Waals surface area contributed by atoms with Crippen LogP contribution < -0.4 is 10.1 Å². The van der Waals surface area contributed by atoms with Crippen LogP contribution in [0.2, 0.25) is 0 Å². The Labute approximate surface area is 130 Å². The lowest BCUT2D eigenvalue weighted by Crippen LogP contribution is -2.29. The molecule has 1 aliphatic rings.